The second-order valence-electron chi connectivity index (χ2n) is 7.91. The van der Waals surface area contributed by atoms with E-state index < -0.39 is 11.7 Å². The van der Waals surface area contributed by atoms with E-state index in [1.54, 1.807) is 24.0 Å². The molecule has 1 aromatic heterocycles. The third kappa shape index (κ3) is 4.51. The monoisotopic (exact) mass is 435 g/mol. The lowest BCUT2D eigenvalue weighted by Crippen LogP contribution is -2.47. The van der Waals surface area contributed by atoms with Crippen molar-refractivity contribution in [1.82, 2.24) is 4.90 Å². The van der Waals surface area contributed by atoms with Gasteiger partial charge in [-0.25, -0.2) is 4.79 Å². The first-order chi connectivity index (χ1) is 15.5. The number of esters is 1. The minimum atomic E-state index is -0.757. The number of amides is 1. The predicted octanol–water partition coefficient (Wildman–Crippen LogP) is 3.64. The molecule has 1 fully saturated rings. The predicted molar refractivity (Wildman–Crippen MR) is 119 cm³/mol. The maximum atomic E-state index is 12.9. The van der Waals surface area contributed by atoms with E-state index in [2.05, 4.69) is 0 Å². The molecule has 7 nitrogen and oxygen atoms in total. The lowest BCUT2D eigenvalue weighted by atomic mass is 9.98. The molecule has 0 N–H and O–H groups in total. The van der Waals surface area contributed by atoms with E-state index in [4.69, 9.17) is 13.9 Å². The Bertz CT molecular complexity index is 1190. The molecule has 0 aliphatic carbocycles. The first kappa shape index (κ1) is 21.6. The van der Waals surface area contributed by atoms with Gasteiger partial charge in [-0.3, -0.25) is 9.59 Å². The number of hydrogen-bond donors (Lipinski definition) is 0. The van der Waals surface area contributed by atoms with Crippen LogP contribution in [-0.2, 0) is 14.3 Å². The van der Waals surface area contributed by atoms with Crippen molar-refractivity contribution in [1.29, 1.82) is 0 Å². The van der Waals surface area contributed by atoms with Gasteiger partial charge in [0.25, 0.3) is 5.91 Å². The van der Waals surface area contributed by atoms with Crippen molar-refractivity contribution in [3.05, 3.63) is 65.0 Å². The standard InChI is InChI=1S/C25H25NO6/c1-16(24(28)26-12-6-9-18(15-26)25(29)30-2)31-19-10-11-20-21(17-7-4-3-5-8-17)14-23(27)32-22(20)13-19/h3-5,7-8,10-11,13-14,16,18H,6,9,12,15H2,1-2H3/t16?,18-/m1/s1. The number of benzene rings is 2. The first-order valence-corrected chi connectivity index (χ1v) is 10.6. The summed E-state index contributed by atoms with van der Waals surface area (Å²) in [5.41, 5.74) is 1.61. The molecule has 1 aliphatic heterocycles. The van der Waals surface area contributed by atoms with Crippen molar-refractivity contribution in [3.8, 4) is 16.9 Å². The molecule has 0 spiro atoms. The summed E-state index contributed by atoms with van der Waals surface area (Å²) in [4.78, 5) is 38.5. The van der Waals surface area contributed by atoms with Gasteiger partial charge < -0.3 is 18.8 Å². The average molecular weight is 435 g/mol. The largest absolute Gasteiger partial charge is 0.481 e. The van der Waals surface area contributed by atoms with Crippen LogP contribution < -0.4 is 10.4 Å². The second kappa shape index (κ2) is 9.26. The summed E-state index contributed by atoms with van der Waals surface area (Å²) in [6, 6.07) is 16.3. The molecule has 32 heavy (non-hydrogen) atoms. The van der Waals surface area contributed by atoms with Crippen LogP contribution in [0, 0.1) is 5.92 Å². The molecule has 1 unspecified atom stereocenters. The highest BCUT2D eigenvalue weighted by Crippen LogP contribution is 2.30. The molecule has 1 amide bonds. The van der Waals surface area contributed by atoms with Crippen LogP contribution in [0.1, 0.15) is 19.8 Å². The topological polar surface area (TPSA) is 86.0 Å². The van der Waals surface area contributed by atoms with Crippen LogP contribution in [0.25, 0.3) is 22.1 Å². The molecule has 7 heteroatoms. The zero-order valence-corrected chi connectivity index (χ0v) is 18.1. The van der Waals surface area contributed by atoms with Gasteiger partial charge in [-0.15, -0.1) is 0 Å². The second-order valence-corrected chi connectivity index (χ2v) is 7.91. The SMILES string of the molecule is COC(=O)[C@@H]1CCCN(C(=O)C(C)Oc2ccc3c(-c4ccccc4)cc(=O)oc3c2)C1. The van der Waals surface area contributed by atoms with E-state index >= 15 is 0 Å². The number of methoxy groups -OCH3 is 1. The number of likely N-dealkylation sites (tertiary alicyclic amines) is 1. The number of nitrogens with zero attached hydrogens (tertiary/aromatic N) is 1. The Hall–Kier alpha value is -3.61. The van der Waals surface area contributed by atoms with Crippen molar-refractivity contribution in [2.75, 3.05) is 20.2 Å². The van der Waals surface area contributed by atoms with Crippen LogP contribution >= 0.6 is 0 Å². The van der Waals surface area contributed by atoms with E-state index in [1.165, 1.54) is 13.2 Å². The van der Waals surface area contributed by atoms with Crippen LogP contribution in [0.2, 0.25) is 0 Å². The highest BCUT2D eigenvalue weighted by Gasteiger charge is 2.31. The summed E-state index contributed by atoms with van der Waals surface area (Å²) in [7, 11) is 1.36. The Morgan fingerprint density at radius 3 is 2.66 bits per heavy atom. The van der Waals surface area contributed by atoms with Crippen molar-refractivity contribution >= 4 is 22.8 Å². The van der Waals surface area contributed by atoms with Crippen molar-refractivity contribution in [3.63, 3.8) is 0 Å². The van der Waals surface area contributed by atoms with Crippen molar-refractivity contribution < 1.29 is 23.5 Å². The molecule has 2 heterocycles. The van der Waals surface area contributed by atoms with Gasteiger partial charge in [0.2, 0.25) is 0 Å². The van der Waals surface area contributed by atoms with E-state index in [0.717, 1.165) is 22.9 Å². The van der Waals surface area contributed by atoms with Gasteiger partial charge in [-0.2, -0.15) is 0 Å². The summed E-state index contributed by atoms with van der Waals surface area (Å²) < 4.78 is 16.1. The number of fused-ring (bicyclic) bond motifs is 1. The smallest absolute Gasteiger partial charge is 0.336 e. The summed E-state index contributed by atoms with van der Waals surface area (Å²) in [5.74, 6) is -0.377. The van der Waals surface area contributed by atoms with Gasteiger partial charge in [0, 0.05) is 30.6 Å². The highest BCUT2D eigenvalue weighted by atomic mass is 16.5. The van der Waals surface area contributed by atoms with Gasteiger partial charge in [-0.1, -0.05) is 30.3 Å². The molecular weight excluding hydrogens is 410 g/mol. The molecule has 2 aromatic carbocycles. The summed E-state index contributed by atoms with van der Waals surface area (Å²) in [6.07, 6.45) is 0.689. The molecular formula is C25H25NO6. The molecule has 0 saturated carbocycles. The normalized spacial score (nSPS) is 17.1. The fraction of sp³-hybridized carbons (Fsp3) is 0.320. The van der Waals surface area contributed by atoms with Crippen molar-refractivity contribution in [2.45, 2.75) is 25.9 Å². The van der Waals surface area contributed by atoms with Gasteiger partial charge in [0.1, 0.15) is 11.3 Å². The number of rotatable bonds is 5. The zero-order chi connectivity index (χ0) is 22.7. The summed E-state index contributed by atoms with van der Waals surface area (Å²) >= 11 is 0. The molecule has 4 rings (SSSR count). The number of piperidine rings is 1. The van der Waals surface area contributed by atoms with Gasteiger partial charge in [-0.05, 0) is 43.0 Å². The van der Waals surface area contributed by atoms with E-state index in [9.17, 15) is 14.4 Å². The maximum Gasteiger partial charge on any atom is 0.336 e. The van der Waals surface area contributed by atoms with E-state index in [-0.39, 0.29) is 17.8 Å². The molecule has 1 saturated heterocycles. The molecule has 0 radical (unpaired) electrons. The zero-order valence-electron chi connectivity index (χ0n) is 18.1. The summed E-state index contributed by atoms with van der Waals surface area (Å²) in [6.45, 7) is 2.57. The minimum absolute atomic E-state index is 0.196. The minimum Gasteiger partial charge on any atom is -0.481 e. The van der Waals surface area contributed by atoms with E-state index in [0.29, 0.717) is 30.8 Å². The number of hydrogen-bond acceptors (Lipinski definition) is 6. The Balaban J connectivity index is 1.53. The number of carbonyl (C=O) groups excluding carboxylic acids is 2. The molecule has 2 atom stereocenters. The van der Waals surface area contributed by atoms with Gasteiger partial charge in [0.05, 0.1) is 13.0 Å². The number of ether oxygens (including phenoxy) is 2. The van der Waals surface area contributed by atoms with Gasteiger partial charge in [0.15, 0.2) is 6.10 Å². The third-order valence-corrected chi connectivity index (χ3v) is 5.73. The average Bonchev–Trinajstić information content (AvgIpc) is 2.82. The van der Waals surface area contributed by atoms with E-state index in [1.807, 2.05) is 36.4 Å². The van der Waals surface area contributed by atoms with Crippen LogP contribution in [-0.4, -0.2) is 43.1 Å². The maximum absolute atomic E-state index is 12.9. The fourth-order valence-corrected chi connectivity index (χ4v) is 4.12. The highest BCUT2D eigenvalue weighted by molar-refractivity contribution is 5.93. The summed E-state index contributed by atoms with van der Waals surface area (Å²) in [5, 5.41) is 0.777. The molecule has 3 aromatic rings. The quantitative estimate of drug-likeness (QED) is 0.449. The Kier molecular flexibility index (Phi) is 6.25. The fourth-order valence-electron chi connectivity index (χ4n) is 4.12. The van der Waals surface area contributed by atoms with Crippen LogP contribution in [0.5, 0.6) is 5.75 Å². The van der Waals surface area contributed by atoms with Crippen LogP contribution in [0.15, 0.2) is 63.8 Å². The molecule has 166 valence electrons. The Labute approximate surface area is 185 Å². The first-order valence-electron chi connectivity index (χ1n) is 10.6. The molecule has 0 bridgehead atoms. The lowest BCUT2D eigenvalue weighted by Gasteiger charge is -2.33. The Morgan fingerprint density at radius 2 is 1.91 bits per heavy atom. The number of carbonyl (C=O) groups is 2. The van der Waals surface area contributed by atoms with Crippen molar-refractivity contribution in [2.24, 2.45) is 5.92 Å². The van der Waals surface area contributed by atoms with Crippen LogP contribution in [0.4, 0.5) is 0 Å². The van der Waals surface area contributed by atoms with Gasteiger partial charge >= 0.3 is 11.6 Å². The molecule has 1 aliphatic rings. The van der Waals surface area contributed by atoms with Crippen LogP contribution in [0.3, 0.4) is 0 Å². The lowest BCUT2D eigenvalue weighted by molar-refractivity contribution is -0.150. The Morgan fingerprint density at radius 1 is 1.12 bits per heavy atom. The third-order valence-electron chi connectivity index (χ3n) is 5.73.